The highest BCUT2D eigenvalue weighted by molar-refractivity contribution is 6.08. The van der Waals surface area contributed by atoms with Gasteiger partial charge in [-0.15, -0.1) is 0 Å². The summed E-state index contributed by atoms with van der Waals surface area (Å²) in [5.41, 5.74) is 3.30. The molecule has 2 aromatic carbocycles. The van der Waals surface area contributed by atoms with E-state index >= 15 is 0 Å². The Balaban J connectivity index is 1.75. The second-order valence-corrected chi connectivity index (χ2v) is 6.25. The molecule has 5 aromatic rings. The molecule has 0 N–H and O–H groups in total. The molecule has 5 rings (SSSR count). The fraction of sp³-hybridized carbons (Fsp3) is 0.0435. The average molecular weight is 357 g/mol. The van der Waals surface area contributed by atoms with E-state index < -0.39 is 12.8 Å². The van der Waals surface area contributed by atoms with Crippen LogP contribution in [0.2, 0.25) is 0 Å². The fourth-order valence-corrected chi connectivity index (χ4v) is 3.31. The van der Waals surface area contributed by atoms with Crippen molar-refractivity contribution in [2.24, 2.45) is 0 Å². The first-order chi connectivity index (χ1) is 14.4. The van der Waals surface area contributed by atoms with Crippen molar-refractivity contribution in [3.8, 4) is 22.4 Å². The van der Waals surface area contributed by atoms with E-state index in [-0.39, 0.29) is 11.3 Å². The monoisotopic (exact) mass is 357 g/mol. The van der Waals surface area contributed by atoms with Gasteiger partial charge in [0.05, 0.1) is 5.69 Å². The summed E-state index contributed by atoms with van der Waals surface area (Å²) in [7, 11) is 0. The van der Waals surface area contributed by atoms with Crippen LogP contribution in [0.4, 0.5) is 4.39 Å². The Labute approximate surface area is 159 Å². The maximum atomic E-state index is 13.5. The van der Waals surface area contributed by atoms with Gasteiger partial charge in [0.15, 0.2) is 0 Å². The van der Waals surface area contributed by atoms with E-state index in [0.29, 0.717) is 27.8 Å². The number of pyridine rings is 2. The Morgan fingerprint density at radius 3 is 2.67 bits per heavy atom. The van der Waals surface area contributed by atoms with Crippen LogP contribution < -0.4 is 0 Å². The molecule has 0 saturated heterocycles. The maximum absolute atomic E-state index is 13.5. The fourth-order valence-electron chi connectivity index (χ4n) is 3.31. The van der Waals surface area contributed by atoms with Crippen molar-refractivity contribution < 1.29 is 12.9 Å². The smallest absolute Gasteiger partial charge is 0.229 e. The lowest BCUT2D eigenvalue weighted by Crippen LogP contribution is -1.90. The molecule has 3 aromatic heterocycles. The molecule has 0 atom stereocenters. The van der Waals surface area contributed by atoms with Crippen molar-refractivity contribution in [1.82, 2.24) is 9.97 Å². The van der Waals surface area contributed by atoms with E-state index in [9.17, 15) is 4.39 Å². The van der Waals surface area contributed by atoms with Crippen LogP contribution >= 0.6 is 0 Å². The topological polar surface area (TPSA) is 38.9 Å². The van der Waals surface area contributed by atoms with Crippen molar-refractivity contribution in [3.05, 3.63) is 84.4 Å². The second kappa shape index (κ2) is 6.02. The molecule has 0 unspecified atom stereocenters. The van der Waals surface area contributed by atoms with Crippen molar-refractivity contribution >= 4 is 22.1 Å². The lowest BCUT2D eigenvalue weighted by molar-refractivity contribution is 0.569. The highest BCUT2D eigenvalue weighted by Crippen LogP contribution is 2.35. The van der Waals surface area contributed by atoms with Crippen molar-refractivity contribution in [1.29, 1.82) is 0 Å². The zero-order valence-electron chi connectivity index (χ0n) is 17.1. The minimum Gasteiger partial charge on any atom is -0.437 e. The highest BCUT2D eigenvalue weighted by atomic mass is 19.1. The number of halogens is 1. The summed E-state index contributed by atoms with van der Waals surface area (Å²) in [6.07, 6.45) is 1.58. The molecule has 0 aliphatic rings. The third-order valence-electron chi connectivity index (χ3n) is 4.59. The standard InChI is InChI=1S/C23H15FN2O/c1-14-12-20(25-13-19(14)15-6-3-2-4-7-15)18-9-5-8-16-17-10-11-21(24)26-23(17)27-22(16)18/h2-13H,1H3/i1D3. The zero-order chi connectivity index (χ0) is 20.9. The van der Waals surface area contributed by atoms with Crippen LogP contribution in [0.15, 0.2) is 77.3 Å². The molecule has 0 saturated carbocycles. The van der Waals surface area contributed by atoms with Crippen molar-refractivity contribution in [2.45, 2.75) is 6.85 Å². The lowest BCUT2D eigenvalue weighted by atomic mass is 10.00. The van der Waals surface area contributed by atoms with Gasteiger partial charge in [-0.25, -0.2) is 0 Å². The van der Waals surface area contributed by atoms with Gasteiger partial charge in [0, 0.05) is 32.2 Å². The van der Waals surface area contributed by atoms with Gasteiger partial charge in [0.2, 0.25) is 11.7 Å². The molecular weight excluding hydrogens is 339 g/mol. The predicted octanol–water partition coefficient (Wildman–Crippen LogP) is 6.16. The predicted molar refractivity (Wildman–Crippen MR) is 105 cm³/mol. The molecular formula is C23H15FN2O. The molecule has 0 aliphatic heterocycles. The van der Waals surface area contributed by atoms with E-state index in [1.807, 2.05) is 42.5 Å². The summed E-state index contributed by atoms with van der Waals surface area (Å²) in [4.78, 5) is 8.35. The SMILES string of the molecule is [2H]C([2H])([2H])c1cc(-c2cccc3c2oc2nc(F)ccc23)ncc1-c1ccccc1. The minimum atomic E-state index is -2.32. The first-order valence-corrected chi connectivity index (χ1v) is 8.46. The summed E-state index contributed by atoms with van der Waals surface area (Å²) < 4.78 is 43.4. The number of aryl methyl sites for hydroxylation is 1. The number of hydrogen-bond acceptors (Lipinski definition) is 3. The Bertz CT molecular complexity index is 1390. The molecule has 3 heterocycles. The van der Waals surface area contributed by atoms with Crippen molar-refractivity contribution in [2.75, 3.05) is 0 Å². The highest BCUT2D eigenvalue weighted by Gasteiger charge is 2.15. The number of furan rings is 1. The quantitative estimate of drug-likeness (QED) is 0.355. The largest absolute Gasteiger partial charge is 0.437 e. The first-order valence-electron chi connectivity index (χ1n) is 9.96. The normalized spacial score (nSPS) is 13.4. The van der Waals surface area contributed by atoms with Crippen LogP contribution in [0, 0.1) is 12.8 Å². The van der Waals surface area contributed by atoms with Crippen molar-refractivity contribution in [3.63, 3.8) is 0 Å². The summed E-state index contributed by atoms with van der Waals surface area (Å²) >= 11 is 0. The Hall–Kier alpha value is -3.53. The molecule has 0 spiro atoms. The number of benzene rings is 2. The number of hydrogen-bond donors (Lipinski definition) is 0. The third kappa shape index (κ3) is 2.57. The van der Waals surface area contributed by atoms with Gasteiger partial charge in [0.1, 0.15) is 5.58 Å². The molecule has 0 fully saturated rings. The van der Waals surface area contributed by atoms with E-state index in [2.05, 4.69) is 9.97 Å². The summed E-state index contributed by atoms with van der Waals surface area (Å²) in [5, 5.41) is 1.45. The maximum Gasteiger partial charge on any atom is 0.229 e. The zero-order valence-corrected chi connectivity index (χ0v) is 14.1. The molecule has 4 heteroatoms. The van der Waals surface area contributed by atoms with Crippen LogP contribution in [0.1, 0.15) is 9.68 Å². The van der Waals surface area contributed by atoms with Crippen LogP contribution in [-0.2, 0) is 0 Å². The van der Waals surface area contributed by atoms with E-state index in [0.717, 1.165) is 10.9 Å². The van der Waals surface area contributed by atoms with Crippen LogP contribution in [0.25, 0.3) is 44.5 Å². The summed E-state index contributed by atoms with van der Waals surface area (Å²) in [5.74, 6) is -0.627. The molecule has 0 amide bonds. The van der Waals surface area contributed by atoms with E-state index in [4.69, 9.17) is 8.53 Å². The second-order valence-electron chi connectivity index (χ2n) is 6.25. The van der Waals surface area contributed by atoms with Gasteiger partial charge in [-0.05, 0) is 42.2 Å². The molecule has 3 nitrogen and oxygen atoms in total. The van der Waals surface area contributed by atoms with Gasteiger partial charge in [-0.2, -0.15) is 9.37 Å². The van der Waals surface area contributed by atoms with Crippen LogP contribution in [0.5, 0.6) is 0 Å². The summed E-state index contributed by atoms with van der Waals surface area (Å²) in [6, 6.07) is 19.3. The Morgan fingerprint density at radius 2 is 1.81 bits per heavy atom. The number of rotatable bonds is 2. The van der Waals surface area contributed by atoms with Gasteiger partial charge < -0.3 is 4.42 Å². The Kier molecular flexibility index (Phi) is 2.85. The molecule has 0 aliphatic carbocycles. The Morgan fingerprint density at radius 1 is 0.926 bits per heavy atom. The number of para-hydroxylation sites is 1. The van der Waals surface area contributed by atoms with Gasteiger partial charge in [-0.1, -0.05) is 42.5 Å². The van der Waals surface area contributed by atoms with Crippen LogP contribution in [0.3, 0.4) is 0 Å². The van der Waals surface area contributed by atoms with Gasteiger partial charge >= 0.3 is 0 Å². The molecule has 130 valence electrons. The van der Waals surface area contributed by atoms with Gasteiger partial charge in [0.25, 0.3) is 0 Å². The third-order valence-corrected chi connectivity index (χ3v) is 4.59. The van der Waals surface area contributed by atoms with Crippen LogP contribution in [-0.4, -0.2) is 9.97 Å². The first kappa shape index (κ1) is 12.8. The summed E-state index contributed by atoms with van der Waals surface area (Å²) in [6.45, 7) is -2.32. The van der Waals surface area contributed by atoms with Gasteiger partial charge in [-0.3, -0.25) is 4.98 Å². The number of fused-ring (bicyclic) bond motifs is 3. The lowest BCUT2D eigenvalue weighted by Gasteiger charge is -2.08. The minimum absolute atomic E-state index is 0.189. The molecule has 0 radical (unpaired) electrons. The number of aromatic nitrogens is 2. The van der Waals surface area contributed by atoms with E-state index in [1.54, 1.807) is 24.4 Å². The average Bonchev–Trinajstić information content (AvgIpc) is 3.11. The van der Waals surface area contributed by atoms with E-state index in [1.165, 1.54) is 6.07 Å². The molecule has 0 bridgehead atoms. The number of nitrogens with zero attached hydrogens (tertiary/aromatic N) is 2. The molecule has 27 heavy (non-hydrogen) atoms.